The molecule has 0 aliphatic carbocycles. The van der Waals surface area contributed by atoms with Gasteiger partial charge in [0.25, 0.3) is 0 Å². The van der Waals surface area contributed by atoms with Gasteiger partial charge in [-0.3, -0.25) is 0 Å². The molecule has 7 heteroatoms. The topological polar surface area (TPSA) is 72.6 Å². The second-order valence-corrected chi connectivity index (χ2v) is 7.63. The number of nitrogens with zero attached hydrogens (tertiary/aromatic N) is 1. The minimum atomic E-state index is -3.62. The van der Waals surface area contributed by atoms with Gasteiger partial charge in [-0.15, -0.1) is 0 Å². The van der Waals surface area contributed by atoms with Gasteiger partial charge in [-0.1, -0.05) is 20.8 Å². The van der Waals surface area contributed by atoms with Gasteiger partial charge in [0, 0.05) is 23.2 Å². The van der Waals surface area contributed by atoms with E-state index in [4.69, 9.17) is 10.5 Å². The summed E-state index contributed by atoms with van der Waals surface area (Å²) in [5, 5.41) is 0. The highest BCUT2D eigenvalue weighted by molar-refractivity contribution is 9.10. The minimum Gasteiger partial charge on any atom is -0.495 e. The van der Waals surface area contributed by atoms with E-state index in [1.54, 1.807) is 6.07 Å². The molecule has 20 heavy (non-hydrogen) atoms. The van der Waals surface area contributed by atoms with Crippen LogP contribution < -0.4 is 10.5 Å². The highest BCUT2D eigenvalue weighted by atomic mass is 79.9. The van der Waals surface area contributed by atoms with Crippen molar-refractivity contribution < 1.29 is 13.2 Å². The van der Waals surface area contributed by atoms with Crippen molar-refractivity contribution in [3.63, 3.8) is 0 Å². The molecule has 0 amide bonds. The largest absolute Gasteiger partial charge is 0.495 e. The summed E-state index contributed by atoms with van der Waals surface area (Å²) in [5.74, 6) is 0.525. The Hall–Kier alpha value is -0.790. The first-order valence-corrected chi connectivity index (χ1v) is 8.60. The summed E-state index contributed by atoms with van der Waals surface area (Å²) in [5.41, 5.74) is 6.16. The maximum Gasteiger partial charge on any atom is 0.246 e. The maximum atomic E-state index is 12.7. The average Bonchev–Trinajstić information content (AvgIpc) is 2.37. The van der Waals surface area contributed by atoms with E-state index in [1.165, 1.54) is 17.5 Å². The zero-order valence-electron chi connectivity index (χ0n) is 12.2. The fourth-order valence-electron chi connectivity index (χ4n) is 1.86. The van der Waals surface area contributed by atoms with E-state index in [0.717, 1.165) is 0 Å². The van der Waals surface area contributed by atoms with Crippen molar-refractivity contribution in [3.8, 4) is 5.75 Å². The second kappa shape index (κ2) is 6.78. The summed E-state index contributed by atoms with van der Waals surface area (Å²) in [6.07, 6.45) is 0. The van der Waals surface area contributed by atoms with E-state index in [0.29, 0.717) is 23.2 Å². The summed E-state index contributed by atoms with van der Waals surface area (Å²) < 4.78 is 32.7. The molecule has 0 unspecified atom stereocenters. The molecule has 0 bridgehead atoms. The summed E-state index contributed by atoms with van der Waals surface area (Å²) in [6, 6.07) is 3.01. The Morgan fingerprint density at radius 3 is 2.45 bits per heavy atom. The summed E-state index contributed by atoms with van der Waals surface area (Å²) >= 11 is 3.27. The number of methoxy groups -OCH3 is 1. The monoisotopic (exact) mass is 364 g/mol. The van der Waals surface area contributed by atoms with Crippen molar-refractivity contribution in [2.24, 2.45) is 5.92 Å². The quantitative estimate of drug-likeness (QED) is 0.787. The van der Waals surface area contributed by atoms with Crippen molar-refractivity contribution in [2.45, 2.75) is 25.7 Å². The Bertz CT molecular complexity index is 573. The molecule has 5 nitrogen and oxygen atoms in total. The minimum absolute atomic E-state index is 0.100. The molecule has 0 radical (unpaired) electrons. The number of rotatable bonds is 6. The molecule has 114 valence electrons. The lowest BCUT2D eigenvalue weighted by molar-refractivity contribution is 0.371. The van der Waals surface area contributed by atoms with Gasteiger partial charge in [0.2, 0.25) is 10.0 Å². The van der Waals surface area contributed by atoms with E-state index < -0.39 is 10.0 Å². The Morgan fingerprint density at radius 2 is 2.00 bits per heavy atom. The third kappa shape index (κ3) is 3.65. The van der Waals surface area contributed by atoms with Crippen molar-refractivity contribution in [2.75, 3.05) is 25.9 Å². The van der Waals surface area contributed by atoms with Gasteiger partial charge in [0.15, 0.2) is 0 Å². The van der Waals surface area contributed by atoms with Crippen molar-refractivity contribution in [1.29, 1.82) is 0 Å². The van der Waals surface area contributed by atoms with Crippen molar-refractivity contribution >= 4 is 31.6 Å². The number of halogens is 1. The Balaban J connectivity index is 3.37. The predicted octanol–water partition coefficient (Wildman–Crippen LogP) is 2.71. The normalized spacial score (nSPS) is 12.2. The number of hydrogen-bond acceptors (Lipinski definition) is 4. The Kier molecular flexibility index (Phi) is 5.85. The standard InChI is InChI=1S/C13H21BrN2O3S/c1-5-16(8-9(2)3)20(17,18)13-7-11(15)10(14)6-12(13)19-4/h6-7,9H,5,8,15H2,1-4H3. The van der Waals surface area contributed by atoms with E-state index in [1.807, 2.05) is 20.8 Å². The van der Waals surface area contributed by atoms with Crippen LogP contribution in [-0.4, -0.2) is 32.9 Å². The summed E-state index contributed by atoms with van der Waals surface area (Å²) in [4.78, 5) is 0.100. The molecule has 0 aliphatic rings. The van der Waals surface area contributed by atoms with Crippen LogP contribution in [0.2, 0.25) is 0 Å². The van der Waals surface area contributed by atoms with Crippen LogP contribution in [-0.2, 0) is 10.0 Å². The van der Waals surface area contributed by atoms with Crippen LogP contribution in [0, 0.1) is 5.92 Å². The molecule has 0 atom stereocenters. The summed E-state index contributed by atoms with van der Waals surface area (Å²) in [6.45, 7) is 6.63. The van der Waals surface area contributed by atoms with Crippen molar-refractivity contribution in [1.82, 2.24) is 4.31 Å². The van der Waals surface area contributed by atoms with Crippen LogP contribution in [0.1, 0.15) is 20.8 Å². The Labute approximate surface area is 129 Å². The van der Waals surface area contributed by atoms with Gasteiger partial charge in [-0.05, 0) is 34.0 Å². The molecule has 2 N–H and O–H groups in total. The first-order chi connectivity index (χ1) is 9.23. The van der Waals surface area contributed by atoms with Crippen LogP contribution >= 0.6 is 15.9 Å². The number of nitrogens with two attached hydrogens (primary N) is 1. The fraction of sp³-hybridized carbons (Fsp3) is 0.538. The molecule has 0 aliphatic heterocycles. The van der Waals surface area contributed by atoms with Crippen LogP contribution in [0.15, 0.2) is 21.5 Å². The van der Waals surface area contributed by atoms with E-state index in [2.05, 4.69) is 15.9 Å². The first-order valence-electron chi connectivity index (χ1n) is 6.37. The highest BCUT2D eigenvalue weighted by Gasteiger charge is 2.28. The molecule has 0 saturated carbocycles. The lowest BCUT2D eigenvalue weighted by Crippen LogP contribution is -2.34. The number of hydrogen-bond donors (Lipinski definition) is 1. The lowest BCUT2D eigenvalue weighted by Gasteiger charge is -2.23. The Morgan fingerprint density at radius 1 is 1.40 bits per heavy atom. The third-order valence-corrected chi connectivity index (χ3v) is 5.47. The molecule has 1 rings (SSSR count). The SMILES string of the molecule is CCN(CC(C)C)S(=O)(=O)c1cc(N)c(Br)cc1OC. The van der Waals surface area contributed by atoms with Gasteiger partial charge in [-0.2, -0.15) is 4.31 Å². The molecule has 1 aromatic rings. The van der Waals surface area contributed by atoms with Crippen molar-refractivity contribution in [3.05, 3.63) is 16.6 Å². The zero-order valence-corrected chi connectivity index (χ0v) is 14.6. The maximum absolute atomic E-state index is 12.7. The van der Waals surface area contributed by atoms with Crippen LogP contribution in [0.25, 0.3) is 0 Å². The third-order valence-electron chi connectivity index (χ3n) is 2.82. The van der Waals surface area contributed by atoms with Gasteiger partial charge in [0.1, 0.15) is 10.6 Å². The van der Waals surface area contributed by atoms with E-state index in [-0.39, 0.29) is 16.6 Å². The number of benzene rings is 1. The second-order valence-electron chi connectivity index (χ2n) is 4.87. The van der Waals surface area contributed by atoms with Gasteiger partial charge in [-0.25, -0.2) is 8.42 Å². The van der Waals surface area contributed by atoms with Gasteiger partial charge >= 0.3 is 0 Å². The lowest BCUT2D eigenvalue weighted by atomic mass is 10.2. The van der Waals surface area contributed by atoms with Crippen LogP contribution in [0.4, 0.5) is 5.69 Å². The zero-order chi connectivity index (χ0) is 15.5. The van der Waals surface area contributed by atoms with E-state index in [9.17, 15) is 8.42 Å². The van der Waals surface area contributed by atoms with Crippen LogP contribution in [0.5, 0.6) is 5.75 Å². The average molecular weight is 365 g/mol. The molecular weight excluding hydrogens is 344 g/mol. The molecule has 0 aromatic heterocycles. The highest BCUT2D eigenvalue weighted by Crippen LogP contribution is 2.34. The number of nitrogen functional groups attached to an aromatic ring is 1. The van der Waals surface area contributed by atoms with Crippen LogP contribution in [0.3, 0.4) is 0 Å². The number of ether oxygens (including phenoxy) is 1. The predicted molar refractivity (Wildman–Crippen MR) is 84.4 cm³/mol. The van der Waals surface area contributed by atoms with E-state index >= 15 is 0 Å². The smallest absolute Gasteiger partial charge is 0.246 e. The van der Waals surface area contributed by atoms with Gasteiger partial charge in [0.05, 0.1) is 7.11 Å². The molecule has 0 spiro atoms. The van der Waals surface area contributed by atoms with Gasteiger partial charge < -0.3 is 10.5 Å². The number of sulfonamides is 1. The summed E-state index contributed by atoms with van der Waals surface area (Å²) in [7, 11) is -2.18. The molecule has 0 saturated heterocycles. The fourth-order valence-corrected chi connectivity index (χ4v) is 3.96. The molecule has 0 heterocycles. The molecule has 0 fully saturated rings. The molecule has 1 aromatic carbocycles. The number of anilines is 1. The first kappa shape index (κ1) is 17.3. The molecular formula is C13H21BrN2O3S.